The van der Waals surface area contributed by atoms with Crippen LogP contribution in [0.15, 0.2) is 36.4 Å². The highest BCUT2D eigenvalue weighted by Crippen LogP contribution is 2.22. The third-order valence-electron chi connectivity index (χ3n) is 3.59. The second-order valence-electron chi connectivity index (χ2n) is 5.29. The largest absolute Gasteiger partial charge is 0.344 e. The minimum absolute atomic E-state index is 0.152. The number of imidazole rings is 1. The van der Waals surface area contributed by atoms with Gasteiger partial charge in [0, 0.05) is 13.5 Å². The molecule has 2 N–H and O–H groups in total. The number of nitrogens with one attached hydrogen (secondary N) is 2. The number of carbonyl (C=O) groups excluding carboxylic acids is 2. The normalized spacial score (nSPS) is 10.8. The molecule has 2 aromatic heterocycles. The maximum Gasteiger partial charge on any atom is 0.261 e. The maximum absolute atomic E-state index is 12.3. The summed E-state index contributed by atoms with van der Waals surface area (Å²) in [6, 6.07) is 11.3. The van der Waals surface area contributed by atoms with Crippen molar-refractivity contribution in [2.24, 2.45) is 0 Å². The van der Waals surface area contributed by atoms with Gasteiger partial charge in [0.15, 0.2) is 0 Å². The van der Waals surface area contributed by atoms with Crippen molar-refractivity contribution in [1.82, 2.24) is 14.9 Å². The van der Waals surface area contributed by atoms with Crippen molar-refractivity contribution >= 4 is 39.2 Å². The summed E-state index contributed by atoms with van der Waals surface area (Å²) in [5.41, 5.74) is 1.99. The average Bonchev–Trinajstić information content (AvgIpc) is 3.15. The van der Waals surface area contributed by atoms with Gasteiger partial charge in [-0.15, -0.1) is 11.3 Å². The highest BCUT2D eigenvalue weighted by molar-refractivity contribution is 7.18. The van der Waals surface area contributed by atoms with E-state index >= 15 is 0 Å². The van der Waals surface area contributed by atoms with Crippen molar-refractivity contribution in [2.45, 2.75) is 26.9 Å². The van der Waals surface area contributed by atoms with Gasteiger partial charge in [-0.2, -0.15) is 0 Å². The van der Waals surface area contributed by atoms with Gasteiger partial charge in [0.25, 0.3) is 5.91 Å². The number of hydrogen-bond donors (Lipinski definition) is 2. The van der Waals surface area contributed by atoms with Gasteiger partial charge in [-0.05, 0) is 31.2 Å². The maximum atomic E-state index is 12.3. The molecule has 0 radical (unpaired) electrons. The molecule has 2 amide bonds. The number of carbonyl (C=O) groups is 2. The fourth-order valence-electron chi connectivity index (χ4n) is 2.56. The van der Waals surface area contributed by atoms with E-state index in [0.29, 0.717) is 16.4 Å². The number of hydrogen-bond acceptors (Lipinski definition) is 4. The van der Waals surface area contributed by atoms with Crippen LogP contribution in [0.4, 0.5) is 5.00 Å². The van der Waals surface area contributed by atoms with Crippen LogP contribution in [0.5, 0.6) is 0 Å². The standard InChI is InChI=1S/C17H18N4O2S/c1-3-21-13-7-5-4-6-12(13)20-15(21)10-18-17(23)14-8-9-16(24-14)19-11(2)22/h4-9H,3,10H2,1-2H3,(H,18,23)(H,19,22). The number of benzene rings is 1. The second kappa shape index (κ2) is 6.84. The molecule has 0 aliphatic rings. The topological polar surface area (TPSA) is 76.0 Å². The van der Waals surface area contributed by atoms with E-state index in [9.17, 15) is 9.59 Å². The van der Waals surface area contributed by atoms with Crippen LogP contribution in [0, 0.1) is 0 Å². The molecule has 0 saturated carbocycles. The van der Waals surface area contributed by atoms with Crippen LogP contribution in [0.1, 0.15) is 29.3 Å². The van der Waals surface area contributed by atoms with Gasteiger partial charge in [-0.1, -0.05) is 12.1 Å². The Kier molecular flexibility index (Phi) is 4.61. The number of aryl methyl sites for hydroxylation is 1. The molecular formula is C17H18N4O2S. The lowest BCUT2D eigenvalue weighted by molar-refractivity contribution is -0.114. The molecule has 0 unspecified atom stereocenters. The van der Waals surface area contributed by atoms with Crippen molar-refractivity contribution in [1.29, 1.82) is 0 Å². The molecule has 0 saturated heterocycles. The molecule has 2 heterocycles. The summed E-state index contributed by atoms with van der Waals surface area (Å²) in [5, 5.41) is 6.23. The van der Waals surface area contributed by atoms with Crippen LogP contribution in [-0.2, 0) is 17.9 Å². The summed E-state index contributed by atoms with van der Waals surface area (Å²) in [4.78, 5) is 28.5. The van der Waals surface area contributed by atoms with Crippen molar-refractivity contribution < 1.29 is 9.59 Å². The number of thiophene rings is 1. The SMILES string of the molecule is CCn1c(CNC(=O)c2ccc(NC(C)=O)s2)nc2ccccc21. The van der Waals surface area contributed by atoms with Crippen molar-refractivity contribution in [3.63, 3.8) is 0 Å². The third kappa shape index (κ3) is 3.30. The lowest BCUT2D eigenvalue weighted by atomic mass is 10.3. The van der Waals surface area contributed by atoms with E-state index in [1.807, 2.05) is 24.3 Å². The van der Waals surface area contributed by atoms with E-state index < -0.39 is 0 Å². The summed E-state index contributed by atoms with van der Waals surface area (Å²) in [5.74, 6) is 0.498. The smallest absolute Gasteiger partial charge is 0.261 e. The van der Waals surface area contributed by atoms with Crippen LogP contribution >= 0.6 is 11.3 Å². The van der Waals surface area contributed by atoms with E-state index in [1.54, 1.807) is 12.1 Å². The Labute approximate surface area is 143 Å². The number of rotatable bonds is 5. The van der Waals surface area contributed by atoms with Crippen LogP contribution < -0.4 is 10.6 Å². The van der Waals surface area contributed by atoms with Gasteiger partial charge in [0.2, 0.25) is 5.91 Å². The van der Waals surface area contributed by atoms with E-state index in [0.717, 1.165) is 23.4 Å². The number of nitrogens with zero attached hydrogens (tertiary/aromatic N) is 2. The number of fused-ring (bicyclic) bond motifs is 1. The Bertz CT molecular complexity index is 897. The first-order valence-electron chi connectivity index (χ1n) is 7.68. The second-order valence-corrected chi connectivity index (χ2v) is 6.37. The molecule has 0 atom stereocenters. The fraction of sp³-hybridized carbons (Fsp3) is 0.235. The van der Waals surface area contributed by atoms with E-state index in [1.165, 1.54) is 18.3 Å². The molecule has 124 valence electrons. The zero-order chi connectivity index (χ0) is 17.1. The number of para-hydroxylation sites is 2. The van der Waals surface area contributed by atoms with Crippen LogP contribution in [0.25, 0.3) is 11.0 Å². The van der Waals surface area contributed by atoms with E-state index in [4.69, 9.17) is 0 Å². The Morgan fingerprint density at radius 1 is 1.21 bits per heavy atom. The van der Waals surface area contributed by atoms with Gasteiger partial charge in [0.1, 0.15) is 5.82 Å². The van der Waals surface area contributed by atoms with E-state index in [2.05, 4.69) is 27.1 Å². The summed E-state index contributed by atoms with van der Waals surface area (Å²) in [7, 11) is 0. The summed E-state index contributed by atoms with van der Waals surface area (Å²) < 4.78 is 2.09. The summed E-state index contributed by atoms with van der Waals surface area (Å²) in [6.45, 7) is 4.64. The molecule has 7 heteroatoms. The monoisotopic (exact) mass is 342 g/mol. The average molecular weight is 342 g/mol. The first-order chi connectivity index (χ1) is 11.6. The third-order valence-corrected chi connectivity index (χ3v) is 4.59. The van der Waals surface area contributed by atoms with Crippen LogP contribution in [0.3, 0.4) is 0 Å². The molecule has 0 aliphatic carbocycles. The predicted molar refractivity (Wildman–Crippen MR) is 95.2 cm³/mol. The van der Waals surface area contributed by atoms with Gasteiger partial charge in [-0.3, -0.25) is 9.59 Å². The van der Waals surface area contributed by atoms with Gasteiger partial charge in [0.05, 0.1) is 27.5 Å². The first kappa shape index (κ1) is 16.2. The Morgan fingerprint density at radius 3 is 2.75 bits per heavy atom. The van der Waals surface area contributed by atoms with E-state index in [-0.39, 0.29) is 11.8 Å². The van der Waals surface area contributed by atoms with Gasteiger partial charge >= 0.3 is 0 Å². The molecule has 1 aromatic carbocycles. The molecular weight excluding hydrogens is 324 g/mol. The minimum atomic E-state index is -0.175. The summed E-state index contributed by atoms with van der Waals surface area (Å²) in [6.07, 6.45) is 0. The summed E-state index contributed by atoms with van der Waals surface area (Å²) >= 11 is 1.25. The molecule has 6 nitrogen and oxygen atoms in total. The number of aromatic nitrogens is 2. The van der Waals surface area contributed by atoms with Crippen LogP contribution in [0.2, 0.25) is 0 Å². The van der Waals surface area contributed by atoms with Crippen molar-refractivity contribution in [3.8, 4) is 0 Å². The molecule has 0 aliphatic heterocycles. The zero-order valence-electron chi connectivity index (χ0n) is 13.5. The van der Waals surface area contributed by atoms with Gasteiger partial charge in [-0.25, -0.2) is 4.98 Å². The predicted octanol–water partition coefficient (Wildman–Crippen LogP) is 3.01. The molecule has 0 fully saturated rings. The molecule has 0 bridgehead atoms. The Morgan fingerprint density at radius 2 is 2.00 bits per heavy atom. The lowest BCUT2D eigenvalue weighted by Gasteiger charge is -2.07. The quantitative estimate of drug-likeness (QED) is 0.748. The van der Waals surface area contributed by atoms with Crippen molar-refractivity contribution in [2.75, 3.05) is 5.32 Å². The molecule has 24 heavy (non-hydrogen) atoms. The Hall–Kier alpha value is -2.67. The zero-order valence-corrected chi connectivity index (χ0v) is 14.3. The lowest BCUT2D eigenvalue weighted by Crippen LogP contribution is -2.23. The highest BCUT2D eigenvalue weighted by atomic mass is 32.1. The highest BCUT2D eigenvalue weighted by Gasteiger charge is 2.13. The first-order valence-corrected chi connectivity index (χ1v) is 8.50. The molecule has 3 aromatic rings. The number of amides is 2. The molecule has 3 rings (SSSR count). The van der Waals surface area contributed by atoms with Gasteiger partial charge < -0.3 is 15.2 Å². The van der Waals surface area contributed by atoms with Crippen molar-refractivity contribution in [3.05, 3.63) is 47.1 Å². The Balaban J connectivity index is 1.72. The number of anilines is 1. The van der Waals surface area contributed by atoms with Crippen LogP contribution in [-0.4, -0.2) is 21.4 Å². The molecule has 0 spiro atoms. The minimum Gasteiger partial charge on any atom is -0.344 e. The fourth-order valence-corrected chi connectivity index (χ4v) is 3.43.